The smallest absolute Gasteiger partial charge is 0.273 e. The molecule has 2 rings (SSSR count). The average molecular weight is 292 g/mol. The van der Waals surface area contributed by atoms with E-state index in [4.69, 9.17) is 0 Å². The van der Waals surface area contributed by atoms with Crippen LogP contribution in [0.2, 0.25) is 0 Å². The van der Waals surface area contributed by atoms with Crippen LogP contribution in [-0.4, -0.2) is 42.5 Å². The lowest BCUT2D eigenvalue weighted by molar-refractivity contribution is -0.384. The molecule has 0 aliphatic carbocycles. The topological polar surface area (TPSA) is 70.4 Å². The molecule has 0 spiro atoms. The maximum atomic E-state index is 11.0. The minimum Gasteiger partial charge on any atom is -0.385 e. The van der Waals surface area contributed by atoms with Gasteiger partial charge in [0.25, 0.3) is 5.69 Å². The highest BCUT2D eigenvalue weighted by Crippen LogP contribution is 2.24. The van der Waals surface area contributed by atoms with Crippen LogP contribution < -0.4 is 10.6 Å². The van der Waals surface area contributed by atoms with Crippen LogP contribution in [0.15, 0.2) is 18.2 Å². The van der Waals surface area contributed by atoms with Gasteiger partial charge < -0.3 is 15.5 Å². The first-order chi connectivity index (χ1) is 10.2. The van der Waals surface area contributed by atoms with E-state index < -0.39 is 0 Å². The van der Waals surface area contributed by atoms with Crippen LogP contribution in [0.5, 0.6) is 0 Å². The molecule has 0 amide bonds. The lowest BCUT2D eigenvalue weighted by Gasteiger charge is -2.15. The first-order valence-corrected chi connectivity index (χ1v) is 7.68. The lowest BCUT2D eigenvalue weighted by Crippen LogP contribution is -2.22. The molecule has 1 aliphatic rings. The molecule has 0 aromatic heterocycles. The fraction of sp³-hybridized carbons (Fsp3) is 0.600. The van der Waals surface area contributed by atoms with Crippen molar-refractivity contribution in [2.45, 2.75) is 26.2 Å². The Labute approximate surface area is 125 Å². The fourth-order valence-electron chi connectivity index (χ4n) is 2.67. The van der Waals surface area contributed by atoms with Crippen molar-refractivity contribution in [2.75, 3.05) is 43.4 Å². The highest BCUT2D eigenvalue weighted by Gasteiger charge is 2.11. The molecule has 0 bridgehead atoms. The van der Waals surface area contributed by atoms with Crippen molar-refractivity contribution in [1.82, 2.24) is 4.90 Å². The number of nitro benzene ring substituents is 1. The Morgan fingerprint density at radius 3 is 2.48 bits per heavy atom. The maximum absolute atomic E-state index is 11.0. The number of likely N-dealkylation sites (tertiary alicyclic amines) is 1. The van der Waals surface area contributed by atoms with E-state index in [9.17, 15) is 10.1 Å². The van der Waals surface area contributed by atoms with Gasteiger partial charge >= 0.3 is 0 Å². The van der Waals surface area contributed by atoms with E-state index in [1.165, 1.54) is 25.9 Å². The van der Waals surface area contributed by atoms with Crippen LogP contribution in [0.3, 0.4) is 0 Å². The predicted molar refractivity (Wildman–Crippen MR) is 86.0 cm³/mol. The Morgan fingerprint density at radius 2 is 1.86 bits per heavy atom. The summed E-state index contributed by atoms with van der Waals surface area (Å²) in [6, 6.07) is 5.09. The zero-order valence-corrected chi connectivity index (χ0v) is 12.6. The van der Waals surface area contributed by atoms with Gasteiger partial charge in [0.1, 0.15) is 0 Å². The van der Waals surface area contributed by atoms with Gasteiger partial charge in [-0.2, -0.15) is 0 Å². The SMILES string of the molecule is CCNc1cc(NCCCN2CCCC2)cc([N+](=O)[O-])c1. The first-order valence-electron chi connectivity index (χ1n) is 7.68. The Kier molecular flexibility index (Phi) is 5.80. The van der Waals surface area contributed by atoms with Gasteiger partial charge in [0.2, 0.25) is 0 Å². The third kappa shape index (κ3) is 4.90. The lowest BCUT2D eigenvalue weighted by atomic mass is 10.2. The van der Waals surface area contributed by atoms with Gasteiger partial charge in [0.05, 0.1) is 4.92 Å². The maximum Gasteiger partial charge on any atom is 0.273 e. The van der Waals surface area contributed by atoms with Crippen molar-refractivity contribution in [2.24, 2.45) is 0 Å². The standard InChI is InChI=1S/C15H24N4O2/c1-2-16-13-10-14(12-15(11-13)19(20)21)17-6-5-9-18-7-3-4-8-18/h10-12,16-17H,2-9H2,1H3. The normalized spacial score (nSPS) is 15.1. The molecular formula is C15H24N4O2. The summed E-state index contributed by atoms with van der Waals surface area (Å²) in [5.41, 5.74) is 1.71. The van der Waals surface area contributed by atoms with E-state index in [0.717, 1.165) is 37.4 Å². The van der Waals surface area contributed by atoms with Gasteiger partial charge in [-0.3, -0.25) is 10.1 Å². The molecule has 1 heterocycles. The number of nitrogens with zero attached hydrogens (tertiary/aromatic N) is 2. The number of nitrogens with one attached hydrogen (secondary N) is 2. The summed E-state index contributed by atoms with van der Waals surface area (Å²) >= 11 is 0. The van der Waals surface area contributed by atoms with Crippen molar-refractivity contribution in [3.05, 3.63) is 28.3 Å². The van der Waals surface area contributed by atoms with Crippen LogP contribution in [0.4, 0.5) is 17.1 Å². The summed E-state index contributed by atoms with van der Waals surface area (Å²) in [6.45, 7) is 7.07. The van der Waals surface area contributed by atoms with E-state index in [-0.39, 0.29) is 10.6 Å². The number of nitro groups is 1. The highest BCUT2D eigenvalue weighted by molar-refractivity contribution is 5.63. The monoisotopic (exact) mass is 292 g/mol. The number of hydrogen-bond donors (Lipinski definition) is 2. The molecule has 6 heteroatoms. The van der Waals surface area contributed by atoms with E-state index in [1.807, 2.05) is 13.0 Å². The molecule has 0 unspecified atom stereocenters. The molecule has 2 N–H and O–H groups in total. The summed E-state index contributed by atoms with van der Waals surface area (Å²) < 4.78 is 0. The Hall–Kier alpha value is -1.82. The van der Waals surface area contributed by atoms with Crippen molar-refractivity contribution >= 4 is 17.1 Å². The number of non-ortho nitro benzene ring substituents is 1. The largest absolute Gasteiger partial charge is 0.385 e. The molecule has 1 aliphatic heterocycles. The second kappa shape index (κ2) is 7.83. The summed E-state index contributed by atoms with van der Waals surface area (Å²) in [7, 11) is 0. The Morgan fingerprint density at radius 1 is 1.19 bits per heavy atom. The first kappa shape index (κ1) is 15.6. The van der Waals surface area contributed by atoms with Crippen LogP contribution in [0.25, 0.3) is 0 Å². The van der Waals surface area contributed by atoms with Gasteiger partial charge in [0.15, 0.2) is 0 Å². The molecule has 21 heavy (non-hydrogen) atoms. The van der Waals surface area contributed by atoms with Crippen LogP contribution >= 0.6 is 0 Å². The van der Waals surface area contributed by atoms with Gasteiger partial charge in [-0.25, -0.2) is 0 Å². The van der Waals surface area contributed by atoms with Gasteiger partial charge in [-0.1, -0.05) is 0 Å². The molecule has 1 aromatic carbocycles. The summed E-state index contributed by atoms with van der Waals surface area (Å²) in [5, 5.41) is 17.4. The number of anilines is 2. The second-order valence-corrected chi connectivity index (χ2v) is 5.39. The Balaban J connectivity index is 1.86. The molecule has 0 atom stereocenters. The quantitative estimate of drug-likeness (QED) is 0.438. The molecule has 0 radical (unpaired) electrons. The molecule has 1 fully saturated rings. The molecule has 1 saturated heterocycles. The van der Waals surface area contributed by atoms with Crippen molar-refractivity contribution in [1.29, 1.82) is 0 Å². The van der Waals surface area contributed by atoms with Gasteiger partial charge in [0, 0.05) is 36.6 Å². The second-order valence-electron chi connectivity index (χ2n) is 5.39. The number of benzene rings is 1. The Bertz CT molecular complexity index is 473. The number of rotatable bonds is 8. The van der Waals surface area contributed by atoms with E-state index in [0.29, 0.717) is 0 Å². The molecule has 6 nitrogen and oxygen atoms in total. The van der Waals surface area contributed by atoms with Gasteiger partial charge in [-0.05, 0) is 51.9 Å². The van der Waals surface area contributed by atoms with Crippen molar-refractivity contribution < 1.29 is 4.92 Å². The highest BCUT2D eigenvalue weighted by atomic mass is 16.6. The third-order valence-electron chi connectivity index (χ3n) is 3.69. The zero-order valence-electron chi connectivity index (χ0n) is 12.6. The molecular weight excluding hydrogens is 268 g/mol. The summed E-state index contributed by atoms with van der Waals surface area (Å²) in [4.78, 5) is 13.1. The predicted octanol–water partition coefficient (Wildman–Crippen LogP) is 2.92. The third-order valence-corrected chi connectivity index (χ3v) is 3.69. The molecule has 0 saturated carbocycles. The average Bonchev–Trinajstić information content (AvgIpc) is 2.97. The number of hydrogen-bond acceptors (Lipinski definition) is 5. The summed E-state index contributed by atoms with van der Waals surface area (Å²) in [5.74, 6) is 0. The van der Waals surface area contributed by atoms with Crippen LogP contribution in [0.1, 0.15) is 26.2 Å². The van der Waals surface area contributed by atoms with Crippen molar-refractivity contribution in [3.63, 3.8) is 0 Å². The van der Waals surface area contributed by atoms with Crippen LogP contribution in [-0.2, 0) is 0 Å². The van der Waals surface area contributed by atoms with E-state index in [2.05, 4.69) is 15.5 Å². The fourth-order valence-corrected chi connectivity index (χ4v) is 2.67. The zero-order chi connectivity index (χ0) is 15.1. The van der Waals surface area contributed by atoms with Crippen molar-refractivity contribution in [3.8, 4) is 0 Å². The molecule has 1 aromatic rings. The summed E-state index contributed by atoms with van der Waals surface area (Å²) in [6.07, 6.45) is 3.67. The van der Waals surface area contributed by atoms with E-state index >= 15 is 0 Å². The molecule has 116 valence electrons. The minimum absolute atomic E-state index is 0.121. The van der Waals surface area contributed by atoms with E-state index in [1.54, 1.807) is 12.1 Å². The van der Waals surface area contributed by atoms with Crippen LogP contribution in [0, 0.1) is 10.1 Å². The van der Waals surface area contributed by atoms with Gasteiger partial charge in [-0.15, -0.1) is 0 Å². The minimum atomic E-state index is -0.351.